The van der Waals surface area contributed by atoms with E-state index in [0.29, 0.717) is 0 Å². The van der Waals surface area contributed by atoms with Crippen LogP contribution >= 0.6 is 11.6 Å². The predicted octanol–water partition coefficient (Wildman–Crippen LogP) is 2.45. The van der Waals surface area contributed by atoms with Crippen molar-refractivity contribution in [1.82, 2.24) is 14.5 Å². The Hall–Kier alpha value is -2.02. The van der Waals surface area contributed by atoms with Crippen molar-refractivity contribution in [3.8, 4) is 0 Å². The molecule has 5 nitrogen and oxygen atoms in total. The van der Waals surface area contributed by atoms with Crippen molar-refractivity contribution in [3.63, 3.8) is 0 Å². The SMILES string of the molecule is O=C(Nc1nccc(Cl)n1)c1cccn1CC(F)F. The highest BCUT2D eigenvalue weighted by atomic mass is 35.5. The number of amides is 1. The smallest absolute Gasteiger partial charge is 0.274 e. The first-order chi connectivity index (χ1) is 9.06. The minimum atomic E-state index is -2.54. The molecule has 0 aliphatic heterocycles. The second-order valence-corrected chi connectivity index (χ2v) is 3.98. The van der Waals surface area contributed by atoms with Gasteiger partial charge in [-0.15, -0.1) is 0 Å². The van der Waals surface area contributed by atoms with Crippen molar-refractivity contribution in [2.75, 3.05) is 5.32 Å². The number of aromatic nitrogens is 3. The quantitative estimate of drug-likeness (QED) is 0.878. The summed E-state index contributed by atoms with van der Waals surface area (Å²) >= 11 is 5.65. The van der Waals surface area contributed by atoms with E-state index >= 15 is 0 Å². The number of nitrogens with zero attached hydrogens (tertiary/aromatic N) is 3. The van der Waals surface area contributed by atoms with Gasteiger partial charge in [0.2, 0.25) is 5.95 Å². The third-order valence-corrected chi connectivity index (χ3v) is 2.45. The van der Waals surface area contributed by atoms with Gasteiger partial charge >= 0.3 is 0 Å². The maximum atomic E-state index is 12.3. The molecular formula is C11H9ClF2N4O. The van der Waals surface area contributed by atoms with E-state index in [1.807, 2.05) is 0 Å². The third-order valence-electron chi connectivity index (χ3n) is 2.24. The lowest BCUT2D eigenvalue weighted by Gasteiger charge is -2.08. The van der Waals surface area contributed by atoms with Gasteiger partial charge in [0, 0.05) is 12.4 Å². The van der Waals surface area contributed by atoms with Crippen LogP contribution < -0.4 is 5.32 Å². The number of carbonyl (C=O) groups excluding carboxylic acids is 1. The molecule has 0 radical (unpaired) electrons. The minimum Gasteiger partial charge on any atom is -0.338 e. The van der Waals surface area contributed by atoms with E-state index in [2.05, 4.69) is 15.3 Å². The summed E-state index contributed by atoms with van der Waals surface area (Å²) in [5, 5.41) is 2.56. The number of hydrogen-bond donors (Lipinski definition) is 1. The normalized spacial score (nSPS) is 10.7. The highest BCUT2D eigenvalue weighted by molar-refractivity contribution is 6.29. The molecule has 1 amide bonds. The summed E-state index contributed by atoms with van der Waals surface area (Å²) in [5.74, 6) is -0.560. The summed E-state index contributed by atoms with van der Waals surface area (Å²) in [6.07, 6.45) is 0.240. The Balaban J connectivity index is 2.14. The van der Waals surface area contributed by atoms with Gasteiger partial charge in [0.05, 0.1) is 6.54 Å². The maximum Gasteiger partial charge on any atom is 0.274 e. The van der Waals surface area contributed by atoms with Crippen LogP contribution in [0, 0.1) is 0 Å². The zero-order valence-corrected chi connectivity index (χ0v) is 10.3. The predicted molar refractivity (Wildman–Crippen MR) is 65.4 cm³/mol. The van der Waals surface area contributed by atoms with Gasteiger partial charge in [-0.2, -0.15) is 0 Å². The molecule has 8 heteroatoms. The summed E-state index contributed by atoms with van der Waals surface area (Å²) < 4.78 is 25.8. The second-order valence-electron chi connectivity index (χ2n) is 3.59. The fraction of sp³-hybridized carbons (Fsp3) is 0.182. The molecule has 0 aliphatic rings. The van der Waals surface area contributed by atoms with Crippen LogP contribution in [0.5, 0.6) is 0 Å². The summed E-state index contributed by atoms with van der Waals surface area (Å²) in [6.45, 7) is -0.549. The molecule has 2 aromatic heterocycles. The van der Waals surface area contributed by atoms with E-state index in [0.717, 1.165) is 4.57 Å². The average molecular weight is 287 g/mol. The van der Waals surface area contributed by atoms with Gasteiger partial charge < -0.3 is 4.57 Å². The number of alkyl halides is 2. The average Bonchev–Trinajstić information content (AvgIpc) is 2.76. The molecule has 0 unspecified atom stereocenters. The van der Waals surface area contributed by atoms with Crippen molar-refractivity contribution in [2.24, 2.45) is 0 Å². The zero-order chi connectivity index (χ0) is 13.8. The van der Waals surface area contributed by atoms with E-state index in [4.69, 9.17) is 11.6 Å². The molecule has 1 N–H and O–H groups in total. The van der Waals surface area contributed by atoms with Gasteiger partial charge in [0.1, 0.15) is 10.8 Å². The van der Waals surface area contributed by atoms with Gasteiger partial charge in [0.15, 0.2) is 0 Å². The van der Waals surface area contributed by atoms with E-state index < -0.39 is 18.9 Å². The molecule has 0 fully saturated rings. The van der Waals surface area contributed by atoms with Crippen LogP contribution in [0.25, 0.3) is 0 Å². The standard InChI is InChI=1S/C11H9ClF2N4O/c12-8-3-4-15-11(16-8)17-10(19)7-2-1-5-18(7)6-9(13)14/h1-5,9H,6H2,(H,15,16,17,19). The lowest BCUT2D eigenvalue weighted by Crippen LogP contribution is -2.20. The molecule has 2 aromatic rings. The fourth-order valence-electron chi connectivity index (χ4n) is 1.49. The van der Waals surface area contributed by atoms with Gasteiger partial charge in [0.25, 0.3) is 12.3 Å². The van der Waals surface area contributed by atoms with Gasteiger partial charge in [-0.1, -0.05) is 11.6 Å². The van der Waals surface area contributed by atoms with E-state index in [1.165, 1.54) is 30.6 Å². The lowest BCUT2D eigenvalue weighted by atomic mass is 10.4. The lowest BCUT2D eigenvalue weighted by molar-refractivity contribution is 0.0997. The van der Waals surface area contributed by atoms with E-state index in [-0.39, 0.29) is 16.8 Å². The number of hydrogen-bond acceptors (Lipinski definition) is 3. The van der Waals surface area contributed by atoms with Crippen molar-refractivity contribution in [1.29, 1.82) is 0 Å². The molecule has 0 saturated carbocycles. The summed E-state index contributed by atoms with van der Waals surface area (Å²) in [6, 6.07) is 4.40. The molecule has 0 bridgehead atoms. The Morgan fingerprint density at radius 3 is 2.95 bits per heavy atom. The first kappa shape index (κ1) is 13.4. The van der Waals surface area contributed by atoms with Crippen molar-refractivity contribution >= 4 is 23.5 Å². The molecule has 100 valence electrons. The topological polar surface area (TPSA) is 59.8 Å². The summed E-state index contributed by atoms with van der Waals surface area (Å²) in [7, 11) is 0. The number of anilines is 1. The Kier molecular flexibility index (Phi) is 4.06. The van der Waals surface area contributed by atoms with Crippen LogP contribution in [0.1, 0.15) is 10.5 Å². The molecule has 0 aromatic carbocycles. The number of rotatable bonds is 4. The molecule has 0 spiro atoms. The molecular weight excluding hydrogens is 278 g/mol. The van der Waals surface area contributed by atoms with Crippen LogP contribution in [-0.2, 0) is 6.54 Å². The Bertz CT molecular complexity index is 588. The largest absolute Gasteiger partial charge is 0.338 e. The number of carbonyl (C=O) groups is 1. The second kappa shape index (κ2) is 5.75. The molecule has 0 saturated heterocycles. The Morgan fingerprint density at radius 2 is 2.26 bits per heavy atom. The van der Waals surface area contributed by atoms with Crippen LogP contribution in [0.2, 0.25) is 5.15 Å². The van der Waals surface area contributed by atoms with Gasteiger partial charge in [-0.25, -0.2) is 18.7 Å². The molecule has 2 rings (SSSR count). The molecule has 19 heavy (non-hydrogen) atoms. The number of halogens is 3. The molecule has 0 atom stereocenters. The highest BCUT2D eigenvalue weighted by Crippen LogP contribution is 2.10. The summed E-state index contributed by atoms with van der Waals surface area (Å²) in [5.41, 5.74) is 0.101. The molecule has 2 heterocycles. The van der Waals surface area contributed by atoms with Crippen LogP contribution in [-0.4, -0.2) is 26.9 Å². The van der Waals surface area contributed by atoms with E-state index in [9.17, 15) is 13.6 Å². The van der Waals surface area contributed by atoms with Crippen molar-refractivity contribution in [3.05, 3.63) is 41.4 Å². The number of nitrogens with one attached hydrogen (secondary N) is 1. The van der Waals surface area contributed by atoms with Crippen molar-refractivity contribution in [2.45, 2.75) is 13.0 Å². The third kappa shape index (κ3) is 3.47. The van der Waals surface area contributed by atoms with Crippen LogP contribution in [0.4, 0.5) is 14.7 Å². The molecule has 0 aliphatic carbocycles. The monoisotopic (exact) mass is 286 g/mol. The van der Waals surface area contributed by atoms with Crippen molar-refractivity contribution < 1.29 is 13.6 Å². The zero-order valence-electron chi connectivity index (χ0n) is 9.55. The first-order valence-electron chi connectivity index (χ1n) is 5.29. The first-order valence-corrected chi connectivity index (χ1v) is 5.67. The van der Waals surface area contributed by atoms with Gasteiger partial charge in [-0.05, 0) is 18.2 Å². The minimum absolute atomic E-state index is 0.0160. The maximum absolute atomic E-state index is 12.3. The van der Waals surface area contributed by atoms with Crippen LogP contribution in [0.15, 0.2) is 30.6 Å². The van der Waals surface area contributed by atoms with Crippen LogP contribution in [0.3, 0.4) is 0 Å². The Morgan fingerprint density at radius 1 is 1.47 bits per heavy atom. The fourth-order valence-corrected chi connectivity index (χ4v) is 1.63. The summed E-state index contributed by atoms with van der Waals surface area (Å²) in [4.78, 5) is 19.5. The van der Waals surface area contributed by atoms with E-state index in [1.54, 1.807) is 0 Å². The highest BCUT2D eigenvalue weighted by Gasteiger charge is 2.14. The Labute approximate surface area is 112 Å². The van der Waals surface area contributed by atoms with Gasteiger partial charge in [-0.3, -0.25) is 10.1 Å².